The molecule has 1 aliphatic heterocycles. The highest BCUT2D eigenvalue weighted by Crippen LogP contribution is 2.37. The Bertz CT molecular complexity index is 808. The molecule has 136 valence electrons. The van der Waals surface area contributed by atoms with Gasteiger partial charge in [-0.15, -0.1) is 23.5 Å². The molecule has 1 atom stereocenters. The number of Topliss-reactive ketones (excluding diaryl/α,β-unsaturated/α-hetero) is 1. The van der Waals surface area contributed by atoms with Crippen molar-refractivity contribution in [2.24, 2.45) is 0 Å². The van der Waals surface area contributed by atoms with E-state index in [4.69, 9.17) is 0 Å². The number of halogens is 1. The molecule has 1 aliphatic rings. The van der Waals surface area contributed by atoms with Crippen LogP contribution in [0.5, 0.6) is 0 Å². The third-order valence-electron chi connectivity index (χ3n) is 4.35. The van der Waals surface area contributed by atoms with Gasteiger partial charge in [0.1, 0.15) is 5.82 Å². The average molecular weight is 390 g/mol. The number of amides is 1. The highest BCUT2D eigenvalue weighted by Gasteiger charge is 2.24. The largest absolute Gasteiger partial charge is 0.349 e. The fourth-order valence-electron chi connectivity index (χ4n) is 2.95. The number of carbonyl (C=O) groups is 2. The molecule has 0 radical (unpaired) electrons. The van der Waals surface area contributed by atoms with Crippen LogP contribution in [0.3, 0.4) is 0 Å². The third kappa shape index (κ3) is 4.48. The number of rotatable bonds is 6. The van der Waals surface area contributed by atoms with Gasteiger partial charge in [-0.25, -0.2) is 4.39 Å². The molecule has 0 bridgehead atoms. The maximum absolute atomic E-state index is 13.9. The Balaban J connectivity index is 1.56. The van der Waals surface area contributed by atoms with Gasteiger partial charge in [-0.05, 0) is 36.4 Å². The van der Waals surface area contributed by atoms with Crippen LogP contribution in [0.2, 0.25) is 0 Å². The predicted octanol–water partition coefficient (Wildman–Crippen LogP) is 4.86. The molecule has 0 saturated heterocycles. The van der Waals surface area contributed by atoms with Crippen molar-refractivity contribution in [1.29, 1.82) is 0 Å². The van der Waals surface area contributed by atoms with E-state index < -0.39 is 0 Å². The summed E-state index contributed by atoms with van der Waals surface area (Å²) >= 11 is 3.10. The minimum Gasteiger partial charge on any atom is -0.349 e. The van der Waals surface area contributed by atoms with Crippen molar-refractivity contribution in [2.75, 3.05) is 12.0 Å². The number of hydrogen-bond donors (Lipinski definition) is 1. The van der Waals surface area contributed by atoms with Crippen molar-refractivity contribution in [2.45, 2.75) is 35.1 Å². The van der Waals surface area contributed by atoms with Crippen molar-refractivity contribution in [3.05, 3.63) is 59.4 Å². The van der Waals surface area contributed by atoms with Crippen LogP contribution in [0.25, 0.3) is 0 Å². The van der Waals surface area contributed by atoms with E-state index in [1.165, 1.54) is 17.8 Å². The molecular weight excluding hydrogens is 369 g/mol. The van der Waals surface area contributed by atoms with E-state index in [9.17, 15) is 14.0 Å². The monoisotopic (exact) mass is 389 g/mol. The van der Waals surface area contributed by atoms with Gasteiger partial charge in [0.05, 0.1) is 6.04 Å². The highest BCUT2D eigenvalue weighted by molar-refractivity contribution is 7.99. The summed E-state index contributed by atoms with van der Waals surface area (Å²) in [6, 6.07) is 12.2. The molecule has 0 aromatic heterocycles. The van der Waals surface area contributed by atoms with Crippen molar-refractivity contribution in [3.63, 3.8) is 0 Å². The lowest BCUT2D eigenvalue weighted by molar-refractivity contribution is -0.121. The summed E-state index contributed by atoms with van der Waals surface area (Å²) in [5.74, 6) is 0.305. The molecule has 1 heterocycles. The molecule has 0 unspecified atom stereocenters. The normalized spacial score (nSPS) is 16.0. The third-order valence-corrected chi connectivity index (χ3v) is 6.25. The molecule has 0 fully saturated rings. The standard InChI is InChI=1S/C20H20FNO2S2/c1-25-14-7-5-13(6-8-14)18(23)9-10-19(24)22-17-11-12-26-20-15(17)3-2-4-16(20)21/h2-8,17H,9-12H2,1H3,(H,22,24)/t17-/m1/s1. The summed E-state index contributed by atoms with van der Waals surface area (Å²) in [7, 11) is 0. The van der Waals surface area contributed by atoms with Gasteiger partial charge in [-0.1, -0.05) is 24.3 Å². The first-order chi connectivity index (χ1) is 12.6. The quantitative estimate of drug-likeness (QED) is 0.566. The topological polar surface area (TPSA) is 46.2 Å². The SMILES string of the molecule is CSc1ccc(C(=O)CCC(=O)N[C@@H]2CCSc3c(F)cccc32)cc1. The summed E-state index contributed by atoms with van der Waals surface area (Å²) < 4.78 is 13.9. The Morgan fingerprint density at radius 2 is 1.96 bits per heavy atom. The van der Waals surface area contributed by atoms with Crippen LogP contribution in [0, 0.1) is 5.82 Å². The maximum atomic E-state index is 13.9. The van der Waals surface area contributed by atoms with Gasteiger partial charge in [0.25, 0.3) is 0 Å². The first-order valence-corrected chi connectivity index (χ1v) is 10.7. The molecule has 1 N–H and O–H groups in total. The lowest BCUT2D eigenvalue weighted by Gasteiger charge is -2.26. The fraction of sp³-hybridized carbons (Fsp3) is 0.300. The number of nitrogens with one attached hydrogen (secondary N) is 1. The molecule has 0 aliphatic carbocycles. The summed E-state index contributed by atoms with van der Waals surface area (Å²) in [6.07, 6.45) is 3.05. The van der Waals surface area contributed by atoms with Crippen molar-refractivity contribution >= 4 is 35.2 Å². The van der Waals surface area contributed by atoms with Crippen LogP contribution >= 0.6 is 23.5 Å². The van der Waals surface area contributed by atoms with E-state index in [1.807, 2.05) is 24.5 Å². The van der Waals surface area contributed by atoms with E-state index in [-0.39, 0.29) is 36.4 Å². The van der Waals surface area contributed by atoms with Gasteiger partial charge < -0.3 is 5.32 Å². The second-order valence-corrected chi connectivity index (χ2v) is 8.05. The van der Waals surface area contributed by atoms with Gasteiger partial charge in [0.15, 0.2) is 5.78 Å². The second kappa shape index (κ2) is 8.73. The van der Waals surface area contributed by atoms with E-state index >= 15 is 0 Å². The van der Waals surface area contributed by atoms with Crippen LogP contribution in [-0.4, -0.2) is 23.7 Å². The average Bonchev–Trinajstić information content (AvgIpc) is 2.67. The zero-order chi connectivity index (χ0) is 18.5. The van der Waals surface area contributed by atoms with E-state index in [1.54, 1.807) is 30.0 Å². The number of carbonyl (C=O) groups excluding carboxylic acids is 2. The Labute approximate surface area is 161 Å². The maximum Gasteiger partial charge on any atom is 0.220 e. The summed E-state index contributed by atoms with van der Waals surface area (Å²) in [4.78, 5) is 26.2. The first-order valence-electron chi connectivity index (χ1n) is 8.46. The van der Waals surface area contributed by atoms with Crippen molar-refractivity contribution in [1.82, 2.24) is 5.32 Å². The summed E-state index contributed by atoms with van der Waals surface area (Å²) in [6.45, 7) is 0. The Kier molecular flexibility index (Phi) is 6.38. The van der Waals surface area contributed by atoms with Crippen LogP contribution < -0.4 is 5.32 Å². The van der Waals surface area contributed by atoms with Crippen LogP contribution in [0.4, 0.5) is 4.39 Å². The molecule has 0 spiro atoms. The molecule has 0 saturated carbocycles. The zero-order valence-corrected chi connectivity index (χ0v) is 16.1. The minimum absolute atomic E-state index is 0.0431. The van der Waals surface area contributed by atoms with E-state index in [0.29, 0.717) is 10.5 Å². The zero-order valence-electron chi connectivity index (χ0n) is 14.5. The molecule has 2 aromatic carbocycles. The molecule has 26 heavy (non-hydrogen) atoms. The van der Waals surface area contributed by atoms with Crippen molar-refractivity contribution < 1.29 is 14.0 Å². The Morgan fingerprint density at radius 3 is 2.69 bits per heavy atom. The summed E-state index contributed by atoms with van der Waals surface area (Å²) in [5, 5.41) is 2.95. The molecule has 3 rings (SSSR count). The number of ketones is 1. The van der Waals surface area contributed by atoms with E-state index in [2.05, 4.69) is 5.32 Å². The lowest BCUT2D eigenvalue weighted by atomic mass is 10.0. The van der Waals surface area contributed by atoms with Gasteiger partial charge in [0, 0.05) is 33.9 Å². The fourth-order valence-corrected chi connectivity index (χ4v) is 4.50. The number of thioether (sulfide) groups is 2. The van der Waals surface area contributed by atoms with Gasteiger partial charge in [-0.2, -0.15) is 0 Å². The first kappa shape index (κ1) is 19.0. The number of fused-ring (bicyclic) bond motifs is 1. The van der Waals surface area contributed by atoms with Crippen molar-refractivity contribution in [3.8, 4) is 0 Å². The predicted molar refractivity (Wildman–Crippen MR) is 104 cm³/mol. The summed E-state index contributed by atoms with van der Waals surface area (Å²) in [5.41, 5.74) is 1.45. The van der Waals surface area contributed by atoms with Gasteiger partial charge in [-0.3, -0.25) is 9.59 Å². The second-order valence-electron chi connectivity index (χ2n) is 6.07. The van der Waals surface area contributed by atoms with E-state index in [0.717, 1.165) is 22.6 Å². The van der Waals surface area contributed by atoms with Crippen LogP contribution in [0.1, 0.15) is 41.2 Å². The molecule has 3 nitrogen and oxygen atoms in total. The molecule has 6 heteroatoms. The van der Waals surface area contributed by atoms with Gasteiger partial charge >= 0.3 is 0 Å². The Hall–Kier alpha value is -1.79. The molecule has 1 amide bonds. The van der Waals surface area contributed by atoms with Crippen LogP contribution in [0.15, 0.2) is 52.3 Å². The number of benzene rings is 2. The number of hydrogen-bond acceptors (Lipinski definition) is 4. The lowest BCUT2D eigenvalue weighted by Crippen LogP contribution is -2.31. The minimum atomic E-state index is -0.240. The van der Waals surface area contributed by atoms with Crippen LogP contribution in [-0.2, 0) is 4.79 Å². The smallest absolute Gasteiger partial charge is 0.220 e. The Morgan fingerprint density at radius 1 is 1.19 bits per heavy atom. The van der Waals surface area contributed by atoms with Gasteiger partial charge in [0.2, 0.25) is 5.91 Å². The molecular formula is C20H20FNO2S2. The highest BCUT2D eigenvalue weighted by atomic mass is 32.2. The molecule has 2 aromatic rings.